The molecule has 0 aliphatic rings. The second kappa shape index (κ2) is 7.14. The molecule has 0 bridgehead atoms. The van der Waals surface area contributed by atoms with Gasteiger partial charge in [-0.1, -0.05) is 6.92 Å². The number of nitrogens with zero attached hydrogens (tertiary/aromatic N) is 2. The minimum absolute atomic E-state index is 0.00229. The van der Waals surface area contributed by atoms with Gasteiger partial charge in [-0.05, 0) is 13.5 Å². The Morgan fingerprint density at radius 2 is 2.15 bits per heavy atom. The van der Waals surface area contributed by atoms with Gasteiger partial charge in [0.05, 0.1) is 18.1 Å². The molecular weight excluding hydrogens is 188 g/mol. The Kier molecular flexibility index (Phi) is 6.97. The van der Waals surface area contributed by atoms with E-state index in [4.69, 9.17) is 16.9 Å². The van der Waals surface area contributed by atoms with E-state index in [0.29, 0.717) is 13.1 Å². The van der Waals surface area contributed by atoms with E-state index in [1.165, 1.54) is 0 Å². The summed E-state index contributed by atoms with van der Waals surface area (Å²) >= 11 is 5.48. The van der Waals surface area contributed by atoms with E-state index < -0.39 is 6.10 Å². The van der Waals surface area contributed by atoms with Crippen LogP contribution >= 0.6 is 11.6 Å². The molecule has 0 heterocycles. The minimum atomic E-state index is -0.493. The van der Waals surface area contributed by atoms with Gasteiger partial charge in [-0.2, -0.15) is 5.26 Å². The summed E-state index contributed by atoms with van der Waals surface area (Å²) in [6.07, 6.45) is -0.493. The molecular formula is C9H17ClN2O. The summed E-state index contributed by atoms with van der Waals surface area (Å²) in [7, 11) is 0. The van der Waals surface area contributed by atoms with Crippen LogP contribution in [0.25, 0.3) is 0 Å². The SMILES string of the molecule is CCN(CC(C)C#N)CC(O)CCl. The van der Waals surface area contributed by atoms with E-state index in [1.807, 2.05) is 18.7 Å². The lowest BCUT2D eigenvalue weighted by Crippen LogP contribution is -2.35. The van der Waals surface area contributed by atoms with E-state index in [1.54, 1.807) is 0 Å². The number of hydrogen-bond donors (Lipinski definition) is 1. The maximum atomic E-state index is 9.29. The van der Waals surface area contributed by atoms with Gasteiger partial charge in [-0.25, -0.2) is 0 Å². The van der Waals surface area contributed by atoms with E-state index in [-0.39, 0.29) is 11.8 Å². The van der Waals surface area contributed by atoms with Gasteiger partial charge < -0.3 is 5.11 Å². The highest BCUT2D eigenvalue weighted by Crippen LogP contribution is 2.00. The molecule has 0 spiro atoms. The summed E-state index contributed by atoms with van der Waals surface area (Å²) in [5.74, 6) is 0.250. The third-order valence-electron chi connectivity index (χ3n) is 1.85. The molecule has 0 rings (SSSR count). The largest absolute Gasteiger partial charge is 0.391 e. The van der Waals surface area contributed by atoms with Crippen molar-refractivity contribution in [2.45, 2.75) is 20.0 Å². The first-order chi connectivity index (χ1) is 6.13. The Morgan fingerprint density at radius 1 is 1.54 bits per heavy atom. The monoisotopic (exact) mass is 204 g/mol. The summed E-state index contributed by atoms with van der Waals surface area (Å²) in [5, 5.41) is 17.9. The number of alkyl halides is 1. The molecule has 0 amide bonds. The summed E-state index contributed by atoms with van der Waals surface area (Å²) < 4.78 is 0. The fourth-order valence-corrected chi connectivity index (χ4v) is 1.21. The smallest absolute Gasteiger partial charge is 0.0802 e. The Morgan fingerprint density at radius 3 is 2.54 bits per heavy atom. The van der Waals surface area contributed by atoms with Gasteiger partial charge in [0, 0.05) is 19.0 Å². The molecule has 1 N–H and O–H groups in total. The van der Waals surface area contributed by atoms with Crippen molar-refractivity contribution in [1.82, 2.24) is 4.90 Å². The number of hydrogen-bond acceptors (Lipinski definition) is 3. The highest BCUT2D eigenvalue weighted by molar-refractivity contribution is 6.18. The van der Waals surface area contributed by atoms with E-state index in [0.717, 1.165) is 6.54 Å². The van der Waals surface area contributed by atoms with Crippen molar-refractivity contribution in [3.05, 3.63) is 0 Å². The number of halogens is 1. The van der Waals surface area contributed by atoms with Crippen LogP contribution in [0.1, 0.15) is 13.8 Å². The number of aliphatic hydroxyl groups is 1. The maximum Gasteiger partial charge on any atom is 0.0802 e. The molecule has 76 valence electrons. The number of likely N-dealkylation sites (N-methyl/N-ethyl adjacent to an activating group) is 1. The van der Waals surface area contributed by atoms with E-state index in [9.17, 15) is 5.11 Å². The number of rotatable bonds is 6. The molecule has 13 heavy (non-hydrogen) atoms. The lowest BCUT2D eigenvalue weighted by Gasteiger charge is -2.23. The van der Waals surface area contributed by atoms with Crippen molar-refractivity contribution in [2.75, 3.05) is 25.5 Å². The third-order valence-corrected chi connectivity index (χ3v) is 2.20. The lowest BCUT2D eigenvalue weighted by molar-refractivity contribution is 0.127. The molecule has 0 aromatic carbocycles. The van der Waals surface area contributed by atoms with Gasteiger partial charge in [0.25, 0.3) is 0 Å². The number of nitriles is 1. The minimum Gasteiger partial charge on any atom is -0.391 e. The zero-order valence-electron chi connectivity index (χ0n) is 8.20. The summed E-state index contributed by atoms with van der Waals surface area (Å²) in [4.78, 5) is 2.03. The van der Waals surface area contributed by atoms with Gasteiger partial charge >= 0.3 is 0 Å². The average Bonchev–Trinajstić information content (AvgIpc) is 2.16. The molecule has 2 unspecified atom stereocenters. The topological polar surface area (TPSA) is 47.3 Å². The molecule has 0 saturated carbocycles. The van der Waals surface area contributed by atoms with Gasteiger partial charge in [0.2, 0.25) is 0 Å². The first-order valence-electron chi connectivity index (χ1n) is 4.50. The van der Waals surface area contributed by atoms with Gasteiger partial charge in [-0.3, -0.25) is 4.90 Å². The van der Waals surface area contributed by atoms with Crippen molar-refractivity contribution >= 4 is 11.6 Å². The highest BCUT2D eigenvalue weighted by Gasteiger charge is 2.11. The average molecular weight is 205 g/mol. The molecule has 0 aromatic heterocycles. The molecule has 0 saturated heterocycles. The van der Waals surface area contributed by atoms with Crippen LogP contribution in [-0.2, 0) is 0 Å². The molecule has 0 aromatic rings. The second-order valence-corrected chi connectivity index (χ2v) is 3.50. The van der Waals surface area contributed by atoms with Crippen molar-refractivity contribution in [3.8, 4) is 6.07 Å². The van der Waals surface area contributed by atoms with Crippen LogP contribution in [0.2, 0.25) is 0 Å². The summed E-state index contributed by atoms with van der Waals surface area (Å²) in [5.41, 5.74) is 0. The summed E-state index contributed by atoms with van der Waals surface area (Å²) in [6.45, 7) is 5.95. The molecule has 0 aliphatic carbocycles. The van der Waals surface area contributed by atoms with Crippen LogP contribution in [0, 0.1) is 17.2 Å². The maximum absolute atomic E-state index is 9.29. The van der Waals surface area contributed by atoms with Crippen LogP contribution in [0.4, 0.5) is 0 Å². The molecule has 2 atom stereocenters. The quantitative estimate of drug-likeness (QED) is 0.659. The van der Waals surface area contributed by atoms with Gasteiger partial charge in [0.15, 0.2) is 0 Å². The second-order valence-electron chi connectivity index (χ2n) is 3.19. The molecule has 0 aliphatic heterocycles. The van der Waals surface area contributed by atoms with Crippen LogP contribution < -0.4 is 0 Å². The fraction of sp³-hybridized carbons (Fsp3) is 0.889. The first kappa shape index (κ1) is 12.7. The molecule has 0 radical (unpaired) electrons. The summed E-state index contributed by atoms with van der Waals surface area (Å²) in [6, 6.07) is 2.16. The van der Waals surface area contributed by atoms with Crippen molar-refractivity contribution in [2.24, 2.45) is 5.92 Å². The third kappa shape index (κ3) is 5.87. The van der Waals surface area contributed by atoms with Crippen molar-refractivity contribution in [1.29, 1.82) is 5.26 Å². The zero-order valence-corrected chi connectivity index (χ0v) is 8.96. The lowest BCUT2D eigenvalue weighted by atomic mass is 10.2. The fourth-order valence-electron chi connectivity index (χ4n) is 1.11. The van der Waals surface area contributed by atoms with Gasteiger partial charge in [0.1, 0.15) is 0 Å². The Labute approximate surface area is 84.9 Å². The number of aliphatic hydroxyl groups excluding tert-OH is 1. The zero-order chi connectivity index (χ0) is 10.3. The predicted octanol–water partition coefficient (Wildman–Crippen LogP) is 1.07. The first-order valence-corrected chi connectivity index (χ1v) is 5.03. The van der Waals surface area contributed by atoms with Crippen LogP contribution in [0.15, 0.2) is 0 Å². The van der Waals surface area contributed by atoms with E-state index >= 15 is 0 Å². The van der Waals surface area contributed by atoms with E-state index in [2.05, 4.69) is 6.07 Å². The molecule has 3 nitrogen and oxygen atoms in total. The van der Waals surface area contributed by atoms with Gasteiger partial charge in [-0.15, -0.1) is 11.6 Å². The molecule has 4 heteroatoms. The Balaban J connectivity index is 3.83. The van der Waals surface area contributed by atoms with Crippen LogP contribution in [0.5, 0.6) is 0 Å². The Bertz CT molecular complexity index is 169. The van der Waals surface area contributed by atoms with Crippen molar-refractivity contribution < 1.29 is 5.11 Å². The van der Waals surface area contributed by atoms with Crippen LogP contribution in [-0.4, -0.2) is 41.6 Å². The van der Waals surface area contributed by atoms with Crippen LogP contribution in [0.3, 0.4) is 0 Å². The molecule has 0 fully saturated rings. The Hall–Kier alpha value is -0.300. The van der Waals surface area contributed by atoms with Crippen molar-refractivity contribution in [3.63, 3.8) is 0 Å². The predicted molar refractivity (Wildman–Crippen MR) is 53.6 cm³/mol. The normalized spacial score (nSPS) is 15.4. The standard InChI is InChI=1S/C9H17ClN2O/c1-3-12(6-8(2)5-11)7-9(13)4-10/h8-9,13H,3-4,6-7H2,1-2H3. The highest BCUT2D eigenvalue weighted by atomic mass is 35.5.